The maximum Gasteiger partial charge on any atom is 0.321 e. The van der Waals surface area contributed by atoms with Crippen molar-refractivity contribution in [1.29, 1.82) is 0 Å². The number of unbranched alkanes of at least 4 members (excludes halogenated alkanes) is 8. The van der Waals surface area contributed by atoms with Crippen LogP contribution in [-0.2, 0) is 9.59 Å². The second-order valence-electron chi connectivity index (χ2n) is 7.83. The minimum absolute atomic E-state index is 0.245. The first-order chi connectivity index (χ1) is 12.4. The number of hydrogen-bond acceptors (Lipinski definition) is 2. The van der Waals surface area contributed by atoms with E-state index in [4.69, 9.17) is 0 Å². The zero-order valence-electron chi connectivity index (χ0n) is 17.6. The van der Waals surface area contributed by atoms with Crippen molar-refractivity contribution >= 4 is 11.9 Å². The van der Waals surface area contributed by atoms with Crippen molar-refractivity contribution in [2.75, 3.05) is 0 Å². The first-order valence-corrected chi connectivity index (χ1v) is 10.8. The molecule has 0 aliphatic rings. The summed E-state index contributed by atoms with van der Waals surface area (Å²) >= 11 is 0. The summed E-state index contributed by atoms with van der Waals surface area (Å²) in [5.74, 6) is -2.28. The SMILES string of the molecule is CCCCCCCCC(CC)(CC)C(CCCCCC)(C(=O)O)C(=O)O. The van der Waals surface area contributed by atoms with Crippen LogP contribution in [0.2, 0.25) is 0 Å². The molecule has 2 N–H and O–H groups in total. The van der Waals surface area contributed by atoms with Crippen LogP contribution < -0.4 is 0 Å². The summed E-state index contributed by atoms with van der Waals surface area (Å²) in [6.07, 6.45) is 12.6. The molecule has 0 fully saturated rings. The van der Waals surface area contributed by atoms with Gasteiger partial charge in [0, 0.05) is 0 Å². The number of carboxylic acid groups (broad SMARTS) is 2. The molecule has 0 bridgehead atoms. The summed E-state index contributed by atoms with van der Waals surface area (Å²) in [5, 5.41) is 20.1. The maximum absolute atomic E-state index is 12.3. The summed E-state index contributed by atoms with van der Waals surface area (Å²) in [6.45, 7) is 8.22. The lowest BCUT2D eigenvalue weighted by Crippen LogP contribution is -2.53. The molecule has 154 valence electrons. The molecule has 0 atom stereocenters. The quantitative estimate of drug-likeness (QED) is 0.221. The number of rotatable bonds is 17. The third-order valence-electron chi connectivity index (χ3n) is 6.40. The number of carbonyl (C=O) groups is 2. The highest BCUT2D eigenvalue weighted by Gasteiger charge is 2.59. The van der Waals surface area contributed by atoms with Crippen LogP contribution in [0.25, 0.3) is 0 Å². The molecule has 0 aromatic heterocycles. The summed E-state index contributed by atoms with van der Waals surface area (Å²) in [7, 11) is 0. The minimum atomic E-state index is -1.66. The van der Waals surface area contributed by atoms with Gasteiger partial charge in [-0.05, 0) is 31.1 Å². The van der Waals surface area contributed by atoms with Crippen molar-refractivity contribution < 1.29 is 19.8 Å². The summed E-state index contributed by atoms with van der Waals surface area (Å²) in [6, 6.07) is 0. The number of aliphatic carboxylic acids is 2. The zero-order chi connectivity index (χ0) is 20.1. The van der Waals surface area contributed by atoms with E-state index in [2.05, 4.69) is 13.8 Å². The Bertz CT molecular complexity index is 385. The lowest BCUT2D eigenvalue weighted by Gasteiger charge is -2.45. The highest BCUT2D eigenvalue weighted by Crippen LogP contribution is 2.52. The van der Waals surface area contributed by atoms with E-state index in [1.165, 1.54) is 19.3 Å². The Morgan fingerprint density at radius 3 is 1.42 bits per heavy atom. The number of hydrogen-bond donors (Lipinski definition) is 2. The van der Waals surface area contributed by atoms with Crippen molar-refractivity contribution in [1.82, 2.24) is 0 Å². The Morgan fingerprint density at radius 1 is 0.615 bits per heavy atom. The van der Waals surface area contributed by atoms with Crippen molar-refractivity contribution in [2.24, 2.45) is 10.8 Å². The molecule has 0 aromatic rings. The van der Waals surface area contributed by atoms with Gasteiger partial charge in [-0.3, -0.25) is 9.59 Å². The molecule has 0 unspecified atom stereocenters. The molecule has 0 spiro atoms. The second kappa shape index (κ2) is 13.2. The molecular formula is C22H42O4. The smallest absolute Gasteiger partial charge is 0.321 e. The molecule has 0 radical (unpaired) electrons. The van der Waals surface area contributed by atoms with Crippen LogP contribution >= 0.6 is 0 Å². The van der Waals surface area contributed by atoms with Gasteiger partial charge in [0.05, 0.1) is 0 Å². The third kappa shape index (κ3) is 6.28. The van der Waals surface area contributed by atoms with E-state index >= 15 is 0 Å². The summed E-state index contributed by atoms with van der Waals surface area (Å²) in [4.78, 5) is 24.6. The van der Waals surface area contributed by atoms with Crippen LogP contribution in [0.4, 0.5) is 0 Å². The Kier molecular flexibility index (Phi) is 12.6. The van der Waals surface area contributed by atoms with E-state index in [1.807, 2.05) is 13.8 Å². The average molecular weight is 371 g/mol. The van der Waals surface area contributed by atoms with Crippen LogP contribution in [0.1, 0.15) is 118 Å². The van der Waals surface area contributed by atoms with Gasteiger partial charge in [0.15, 0.2) is 5.41 Å². The minimum Gasteiger partial charge on any atom is -0.480 e. The lowest BCUT2D eigenvalue weighted by molar-refractivity contribution is -0.179. The molecular weight excluding hydrogens is 328 g/mol. The predicted molar refractivity (Wildman–Crippen MR) is 107 cm³/mol. The first kappa shape index (κ1) is 24.9. The molecule has 0 amide bonds. The molecule has 0 aliphatic carbocycles. The van der Waals surface area contributed by atoms with Gasteiger partial charge in [-0.25, -0.2) is 0 Å². The average Bonchev–Trinajstić information content (AvgIpc) is 2.62. The molecule has 0 aromatic carbocycles. The van der Waals surface area contributed by atoms with E-state index in [-0.39, 0.29) is 6.42 Å². The monoisotopic (exact) mass is 370 g/mol. The Labute approximate surface area is 160 Å². The maximum atomic E-state index is 12.3. The second-order valence-corrected chi connectivity index (χ2v) is 7.83. The standard InChI is InChI=1S/C22H42O4/c1-5-9-11-13-14-15-17-21(7-3,8-4)22(19(23)24,20(25)26)18-16-12-10-6-2/h5-18H2,1-4H3,(H,23,24)(H,25,26). The van der Waals surface area contributed by atoms with Gasteiger partial charge in [-0.2, -0.15) is 0 Å². The van der Waals surface area contributed by atoms with Gasteiger partial charge in [-0.1, -0.05) is 91.9 Å². The summed E-state index contributed by atoms with van der Waals surface area (Å²) < 4.78 is 0. The molecule has 4 nitrogen and oxygen atoms in total. The van der Waals surface area contributed by atoms with Crippen molar-refractivity contribution in [3.8, 4) is 0 Å². The lowest BCUT2D eigenvalue weighted by atomic mass is 9.56. The Morgan fingerprint density at radius 2 is 1.00 bits per heavy atom. The van der Waals surface area contributed by atoms with Crippen molar-refractivity contribution in [2.45, 2.75) is 118 Å². The van der Waals surface area contributed by atoms with Gasteiger partial charge in [0.2, 0.25) is 0 Å². The van der Waals surface area contributed by atoms with E-state index in [0.717, 1.165) is 38.5 Å². The van der Waals surface area contributed by atoms with Gasteiger partial charge in [0.1, 0.15) is 0 Å². The van der Waals surface area contributed by atoms with Crippen LogP contribution in [0.3, 0.4) is 0 Å². The van der Waals surface area contributed by atoms with Crippen LogP contribution in [0, 0.1) is 10.8 Å². The molecule has 0 saturated carbocycles. The van der Waals surface area contributed by atoms with Crippen LogP contribution in [0.5, 0.6) is 0 Å². The van der Waals surface area contributed by atoms with Gasteiger partial charge < -0.3 is 10.2 Å². The predicted octanol–water partition coefficient (Wildman–Crippen LogP) is 6.67. The van der Waals surface area contributed by atoms with Gasteiger partial charge in [-0.15, -0.1) is 0 Å². The molecule has 0 rings (SSSR count). The van der Waals surface area contributed by atoms with Crippen molar-refractivity contribution in [3.05, 3.63) is 0 Å². The molecule has 4 heteroatoms. The van der Waals surface area contributed by atoms with E-state index < -0.39 is 22.8 Å². The molecule has 26 heavy (non-hydrogen) atoms. The van der Waals surface area contributed by atoms with Gasteiger partial charge in [0.25, 0.3) is 0 Å². The largest absolute Gasteiger partial charge is 0.480 e. The molecule has 0 saturated heterocycles. The molecule has 0 heterocycles. The molecule has 0 aliphatic heterocycles. The van der Waals surface area contributed by atoms with Crippen LogP contribution in [0.15, 0.2) is 0 Å². The topological polar surface area (TPSA) is 74.6 Å². The number of carboxylic acids is 2. The highest BCUT2D eigenvalue weighted by molar-refractivity contribution is 5.99. The highest BCUT2D eigenvalue weighted by atomic mass is 16.4. The Balaban J connectivity index is 5.34. The normalized spacial score (nSPS) is 12.3. The van der Waals surface area contributed by atoms with Crippen LogP contribution in [-0.4, -0.2) is 22.2 Å². The van der Waals surface area contributed by atoms with Crippen molar-refractivity contribution in [3.63, 3.8) is 0 Å². The first-order valence-electron chi connectivity index (χ1n) is 10.8. The van der Waals surface area contributed by atoms with E-state index in [0.29, 0.717) is 25.7 Å². The fraction of sp³-hybridized carbons (Fsp3) is 0.909. The van der Waals surface area contributed by atoms with E-state index in [1.54, 1.807) is 0 Å². The fourth-order valence-corrected chi connectivity index (χ4v) is 4.51. The summed E-state index contributed by atoms with van der Waals surface area (Å²) in [5.41, 5.74) is -2.32. The zero-order valence-corrected chi connectivity index (χ0v) is 17.6. The third-order valence-corrected chi connectivity index (χ3v) is 6.40. The van der Waals surface area contributed by atoms with E-state index in [9.17, 15) is 19.8 Å². The van der Waals surface area contributed by atoms with Gasteiger partial charge >= 0.3 is 11.9 Å². The Hall–Kier alpha value is -1.06. The fourth-order valence-electron chi connectivity index (χ4n) is 4.51.